The van der Waals surface area contributed by atoms with E-state index < -0.39 is 0 Å². The quantitative estimate of drug-likeness (QED) is 0.562. The van der Waals surface area contributed by atoms with E-state index >= 15 is 0 Å². The number of aromatic nitrogens is 3. The molecule has 4 heterocycles. The first-order chi connectivity index (χ1) is 16.7. The van der Waals surface area contributed by atoms with E-state index in [1.807, 2.05) is 23.1 Å². The monoisotopic (exact) mass is 480 g/mol. The number of morpholine rings is 1. The number of carbonyl (C=O) groups is 2. The predicted molar refractivity (Wildman–Crippen MR) is 131 cm³/mol. The smallest absolute Gasteiger partial charge is 0.275 e. The van der Waals surface area contributed by atoms with Crippen LogP contribution in [0, 0.1) is 0 Å². The second-order valence-electron chi connectivity index (χ2n) is 8.55. The number of benzene rings is 1. The fraction of sp³-hybridized carbons (Fsp3) is 0.417. The van der Waals surface area contributed by atoms with Gasteiger partial charge in [0.05, 0.1) is 37.2 Å². The maximum Gasteiger partial charge on any atom is 0.275 e. The first-order valence-electron chi connectivity index (χ1n) is 11.7. The first-order valence-corrected chi connectivity index (χ1v) is 12.5. The van der Waals surface area contributed by atoms with Crippen LogP contribution in [0.3, 0.4) is 0 Å². The van der Waals surface area contributed by atoms with Crippen LogP contribution < -0.4 is 10.2 Å². The number of H-pyrrole nitrogens is 1. The Morgan fingerprint density at radius 3 is 2.71 bits per heavy atom. The lowest BCUT2D eigenvalue weighted by molar-refractivity contribution is -0.134. The fourth-order valence-corrected chi connectivity index (χ4v) is 5.15. The van der Waals surface area contributed by atoms with Gasteiger partial charge in [-0.1, -0.05) is 6.07 Å². The van der Waals surface area contributed by atoms with Crippen molar-refractivity contribution < 1.29 is 14.3 Å². The molecule has 0 atom stereocenters. The number of anilines is 2. The maximum atomic E-state index is 13.1. The third kappa shape index (κ3) is 5.13. The average Bonchev–Trinajstić information content (AvgIpc) is 3.58. The third-order valence-corrected chi connectivity index (χ3v) is 7.10. The van der Waals surface area contributed by atoms with Gasteiger partial charge in [0.2, 0.25) is 5.91 Å². The Balaban J connectivity index is 1.37. The number of hydrogen-bond acceptors (Lipinski definition) is 7. The van der Waals surface area contributed by atoms with E-state index in [1.54, 1.807) is 17.8 Å². The summed E-state index contributed by atoms with van der Waals surface area (Å²) in [5.41, 5.74) is 3.80. The van der Waals surface area contributed by atoms with Crippen molar-refractivity contribution in [2.24, 2.45) is 0 Å². The molecule has 3 aromatic rings. The topological polar surface area (TPSA) is 103 Å². The van der Waals surface area contributed by atoms with Crippen molar-refractivity contribution in [1.29, 1.82) is 0 Å². The second-order valence-corrected chi connectivity index (χ2v) is 9.41. The summed E-state index contributed by atoms with van der Waals surface area (Å²) < 4.78 is 5.36. The van der Waals surface area contributed by atoms with Gasteiger partial charge < -0.3 is 19.9 Å². The summed E-state index contributed by atoms with van der Waals surface area (Å²) in [7, 11) is 0. The Hall–Kier alpha value is -3.24. The molecule has 2 amide bonds. The number of aromatic amines is 1. The van der Waals surface area contributed by atoms with Crippen molar-refractivity contribution in [1.82, 2.24) is 20.1 Å². The van der Waals surface area contributed by atoms with E-state index in [0.717, 1.165) is 53.4 Å². The van der Waals surface area contributed by atoms with Crippen LogP contribution in [0.2, 0.25) is 0 Å². The van der Waals surface area contributed by atoms with Gasteiger partial charge in [0.15, 0.2) is 0 Å². The first kappa shape index (κ1) is 22.5. The van der Waals surface area contributed by atoms with Gasteiger partial charge >= 0.3 is 0 Å². The number of carbonyl (C=O) groups excluding carboxylic acids is 2. The van der Waals surface area contributed by atoms with Gasteiger partial charge in [-0.3, -0.25) is 14.7 Å². The van der Waals surface area contributed by atoms with Gasteiger partial charge in [0.25, 0.3) is 5.91 Å². The van der Waals surface area contributed by atoms with Gasteiger partial charge in [-0.25, -0.2) is 4.98 Å². The summed E-state index contributed by atoms with van der Waals surface area (Å²) in [4.78, 5) is 34.5. The summed E-state index contributed by atoms with van der Waals surface area (Å²) in [6.45, 7) is 4.31. The zero-order chi connectivity index (χ0) is 23.3. The third-order valence-electron chi connectivity index (χ3n) is 6.21. The van der Waals surface area contributed by atoms with Crippen molar-refractivity contribution in [3.8, 4) is 10.6 Å². The molecule has 2 aromatic heterocycles. The molecule has 2 aliphatic rings. The molecule has 5 rings (SSSR count). The Kier molecular flexibility index (Phi) is 6.87. The molecule has 0 unspecified atom stereocenters. The molecule has 2 saturated heterocycles. The highest BCUT2D eigenvalue weighted by Gasteiger charge is 2.21. The average molecular weight is 481 g/mol. The lowest BCUT2D eigenvalue weighted by Crippen LogP contribution is -2.41. The van der Waals surface area contributed by atoms with Crippen molar-refractivity contribution in [3.63, 3.8) is 0 Å². The van der Waals surface area contributed by atoms with Crippen LogP contribution in [0.4, 0.5) is 11.4 Å². The van der Waals surface area contributed by atoms with E-state index in [1.165, 1.54) is 17.8 Å². The summed E-state index contributed by atoms with van der Waals surface area (Å²) in [6, 6.07) is 5.96. The SMILES string of the molecule is O=C(Nc1cc(CC(=O)N2CCOCC2)ccc1N1CCCCC1)c1csc(-c2cn[nH]c2)n1. The maximum absolute atomic E-state index is 13.1. The molecule has 2 aliphatic heterocycles. The number of ether oxygens (including phenoxy) is 1. The highest BCUT2D eigenvalue weighted by atomic mass is 32.1. The highest BCUT2D eigenvalue weighted by Crippen LogP contribution is 2.31. The summed E-state index contributed by atoms with van der Waals surface area (Å²) >= 11 is 1.40. The molecule has 2 N–H and O–H groups in total. The number of piperidine rings is 1. The summed E-state index contributed by atoms with van der Waals surface area (Å²) in [5, 5.41) is 12.3. The van der Waals surface area contributed by atoms with Crippen molar-refractivity contribution in [3.05, 3.63) is 47.2 Å². The molecule has 2 fully saturated rings. The highest BCUT2D eigenvalue weighted by molar-refractivity contribution is 7.13. The lowest BCUT2D eigenvalue weighted by atomic mass is 10.1. The molecule has 0 bridgehead atoms. The number of amides is 2. The number of thiazole rings is 1. The van der Waals surface area contributed by atoms with Crippen molar-refractivity contribution in [2.75, 3.05) is 49.6 Å². The molecule has 0 saturated carbocycles. The summed E-state index contributed by atoms with van der Waals surface area (Å²) in [6.07, 6.45) is 7.22. The molecule has 178 valence electrons. The number of nitrogens with zero attached hydrogens (tertiary/aromatic N) is 4. The van der Waals surface area contributed by atoms with Crippen LogP contribution >= 0.6 is 11.3 Å². The van der Waals surface area contributed by atoms with E-state index in [0.29, 0.717) is 38.4 Å². The Morgan fingerprint density at radius 1 is 1.12 bits per heavy atom. The Bertz CT molecular complexity index is 1130. The fourth-order valence-electron chi connectivity index (χ4n) is 4.37. The lowest BCUT2D eigenvalue weighted by Gasteiger charge is -2.31. The summed E-state index contributed by atoms with van der Waals surface area (Å²) in [5.74, 6) is -0.184. The molecule has 0 radical (unpaired) electrons. The molecule has 9 nitrogen and oxygen atoms in total. The predicted octanol–water partition coefficient (Wildman–Crippen LogP) is 3.18. The normalized spacial score (nSPS) is 16.5. The second kappa shape index (κ2) is 10.4. The van der Waals surface area contributed by atoms with Crippen LogP contribution in [0.1, 0.15) is 35.3 Å². The van der Waals surface area contributed by atoms with Gasteiger partial charge in [-0.05, 0) is 37.0 Å². The molecule has 1 aromatic carbocycles. The minimum absolute atomic E-state index is 0.0792. The van der Waals surface area contributed by atoms with Crippen LogP contribution in [-0.4, -0.2) is 71.3 Å². The van der Waals surface area contributed by atoms with E-state index in [-0.39, 0.29) is 11.8 Å². The van der Waals surface area contributed by atoms with Crippen molar-refractivity contribution >= 4 is 34.5 Å². The molecule has 34 heavy (non-hydrogen) atoms. The largest absolute Gasteiger partial charge is 0.378 e. The Labute approximate surface area is 202 Å². The molecular weight excluding hydrogens is 452 g/mol. The van der Waals surface area contributed by atoms with Crippen LogP contribution in [-0.2, 0) is 16.0 Å². The zero-order valence-corrected chi connectivity index (χ0v) is 19.8. The van der Waals surface area contributed by atoms with E-state index in [2.05, 4.69) is 25.4 Å². The zero-order valence-electron chi connectivity index (χ0n) is 19.0. The Morgan fingerprint density at radius 2 is 1.94 bits per heavy atom. The van der Waals surface area contributed by atoms with Crippen LogP contribution in [0.25, 0.3) is 10.6 Å². The van der Waals surface area contributed by atoms with E-state index in [9.17, 15) is 9.59 Å². The minimum Gasteiger partial charge on any atom is -0.378 e. The van der Waals surface area contributed by atoms with Crippen LogP contribution in [0.5, 0.6) is 0 Å². The standard InChI is InChI=1S/C24H28N6O3S/c31-22(30-8-10-33-11-9-30)13-17-4-5-21(29-6-2-1-3-7-29)19(12-17)27-23(32)20-16-34-24(28-20)18-14-25-26-15-18/h4-5,12,14-16H,1-3,6-11,13H2,(H,25,26)(H,27,32). The molecule has 0 spiro atoms. The minimum atomic E-state index is -0.263. The number of nitrogens with one attached hydrogen (secondary N) is 2. The van der Waals surface area contributed by atoms with E-state index in [4.69, 9.17) is 4.74 Å². The molecule has 10 heteroatoms. The molecule has 0 aliphatic carbocycles. The van der Waals surface area contributed by atoms with Crippen LogP contribution in [0.15, 0.2) is 36.0 Å². The number of rotatable bonds is 6. The van der Waals surface area contributed by atoms with Gasteiger partial charge in [-0.15, -0.1) is 11.3 Å². The van der Waals surface area contributed by atoms with Gasteiger partial charge in [0.1, 0.15) is 10.7 Å². The van der Waals surface area contributed by atoms with Crippen molar-refractivity contribution in [2.45, 2.75) is 25.7 Å². The number of hydrogen-bond donors (Lipinski definition) is 2. The molecular formula is C24H28N6O3S. The van der Waals surface area contributed by atoms with Gasteiger partial charge in [0, 0.05) is 43.3 Å². The van der Waals surface area contributed by atoms with Gasteiger partial charge in [-0.2, -0.15) is 5.10 Å².